The van der Waals surface area contributed by atoms with Crippen molar-refractivity contribution in [1.29, 1.82) is 5.26 Å². The topological polar surface area (TPSA) is 23.8 Å². The third-order valence-electron chi connectivity index (χ3n) is 4.02. The van der Waals surface area contributed by atoms with Gasteiger partial charge in [0.2, 0.25) is 0 Å². The Bertz CT molecular complexity index is 597. The Morgan fingerprint density at radius 2 is 1.33 bits per heavy atom. The van der Waals surface area contributed by atoms with Gasteiger partial charge in [-0.1, -0.05) is 62.4 Å². The molecule has 1 aliphatic carbocycles. The molecule has 0 unspecified atom stereocenters. The highest BCUT2D eigenvalue weighted by Crippen LogP contribution is 2.46. The van der Waals surface area contributed by atoms with E-state index < -0.39 is 0 Å². The van der Waals surface area contributed by atoms with Gasteiger partial charge in [0.1, 0.15) is 0 Å². The van der Waals surface area contributed by atoms with Gasteiger partial charge >= 0.3 is 0 Å². The van der Waals surface area contributed by atoms with Crippen molar-refractivity contribution >= 4 is 0 Å². The number of benzene rings is 2. The van der Waals surface area contributed by atoms with Crippen LogP contribution in [0.3, 0.4) is 0 Å². The molecule has 0 saturated carbocycles. The summed E-state index contributed by atoms with van der Waals surface area (Å²) in [5.41, 5.74) is 4.83. The summed E-state index contributed by atoms with van der Waals surface area (Å²) in [7, 11) is 0. The third-order valence-corrected chi connectivity index (χ3v) is 4.02. The van der Waals surface area contributed by atoms with Crippen molar-refractivity contribution in [2.24, 2.45) is 0 Å². The van der Waals surface area contributed by atoms with Gasteiger partial charge < -0.3 is 0 Å². The molecule has 0 N–H and O–H groups in total. The van der Waals surface area contributed by atoms with Gasteiger partial charge in [0.05, 0.1) is 12.0 Å². The quantitative estimate of drug-likeness (QED) is 0.675. The van der Waals surface area contributed by atoms with E-state index in [0.717, 1.165) is 11.1 Å². The number of hydrogen-bond donors (Lipinski definition) is 0. The van der Waals surface area contributed by atoms with E-state index in [1.54, 1.807) is 0 Å². The molecule has 0 bridgehead atoms. The van der Waals surface area contributed by atoms with Crippen LogP contribution in [0.1, 0.15) is 42.0 Å². The molecule has 88 valence electrons. The lowest BCUT2D eigenvalue weighted by molar-refractivity contribution is 0.602. The molecule has 0 aliphatic heterocycles. The Kier molecular flexibility index (Phi) is 2.28. The fourth-order valence-corrected chi connectivity index (χ4v) is 3.09. The summed E-state index contributed by atoms with van der Waals surface area (Å²) in [6.07, 6.45) is 0. The van der Waals surface area contributed by atoms with Gasteiger partial charge in [-0.2, -0.15) is 5.26 Å². The molecule has 0 amide bonds. The van der Waals surface area contributed by atoms with Gasteiger partial charge in [0.25, 0.3) is 0 Å². The van der Waals surface area contributed by atoms with Crippen LogP contribution in [0, 0.1) is 11.3 Å². The number of nitrogens with zero attached hydrogens (tertiary/aromatic N) is 1. The van der Waals surface area contributed by atoms with E-state index in [-0.39, 0.29) is 11.3 Å². The molecule has 2 aromatic carbocycles. The Hall–Kier alpha value is -2.07. The van der Waals surface area contributed by atoms with E-state index >= 15 is 0 Å². The van der Waals surface area contributed by atoms with Gasteiger partial charge in [-0.15, -0.1) is 0 Å². The highest BCUT2D eigenvalue weighted by molar-refractivity contribution is 5.57. The Balaban J connectivity index is 2.37. The average molecular weight is 233 g/mol. The van der Waals surface area contributed by atoms with E-state index in [1.165, 1.54) is 11.1 Å². The molecule has 0 atom stereocenters. The number of rotatable bonds is 0. The van der Waals surface area contributed by atoms with E-state index in [0.29, 0.717) is 0 Å². The van der Waals surface area contributed by atoms with Gasteiger partial charge in [-0.3, -0.25) is 0 Å². The van der Waals surface area contributed by atoms with Crippen LogP contribution in [-0.4, -0.2) is 0 Å². The van der Waals surface area contributed by atoms with Crippen molar-refractivity contribution in [1.82, 2.24) is 0 Å². The van der Waals surface area contributed by atoms with E-state index in [1.807, 2.05) is 12.1 Å². The summed E-state index contributed by atoms with van der Waals surface area (Å²) >= 11 is 0. The van der Waals surface area contributed by atoms with Crippen LogP contribution in [0.5, 0.6) is 0 Å². The minimum Gasteiger partial charge on any atom is -0.197 e. The zero-order valence-corrected chi connectivity index (χ0v) is 10.6. The first kappa shape index (κ1) is 11.0. The molecule has 2 aromatic rings. The molecular weight excluding hydrogens is 218 g/mol. The fourth-order valence-electron chi connectivity index (χ4n) is 3.09. The average Bonchev–Trinajstić information content (AvgIpc) is 2.40. The predicted octanol–water partition coefficient (Wildman–Crippen LogP) is 3.98. The van der Waals surface area contributed by atoms with Crippen LogP contribution in [-0.2, 0) is 5.41 Å². The van der Waals surface area contributed by atoms with Gasteiger partial charge in [0.15, 0.2) is 0 Å². The first-order chi connectivity index (χ1) is 8.66. The lowest BCUT2D eigenvalue weighted by Crippen LogP contribution is -2.28. The number of fused-ring (bicyclic) bond motifs is 2. The minimum atomic E-state index is -0.134. The van der Waals surface area contributed by atoms with Crippen LogP contribution >= 0.6 is 0 Å². The van der Waals surface area contributed by atoms with Gasteiger partial charge in [-0.25, -0.2) is 0 Å². The molecule has 1 aliphatic rings. The minimum absolute atomic E-state index is 0.0272. The smallest absolute Gasteiger partial charge is 0.0968 e. The lowest BCUT2D eigenvalue weighted by Gasteiger charge is -2.37. The highest BCUT2D eigenvalue weighted by atomic mass is 14.4. The van der Waals surface area contributed by atoms with E-state index in [4.69, 9.17) is 0 Å². The zero-order valence-electron chi connectivity index (χ0n) is 10.6. The van der Waals surface area contributed by atoms with Gasteiger partial charge in [-0.05, 0) is 22.3 Å². The van der Waals surface area contributed by atoms with Crippen molar-refractivity contribution in [2.75, 3.05) is 0 Å². The van der Waals surface area contributed by atoms with Crippen LogP contribution in [0.2, 0.25) is 0 Å². The largest absolute Gasteiger partial charge is 0.197 e. The molecule has 1 heteroatoms. The SMILES string of the molecule is CC1(C)c2ccccc2C(C#N)c2ccccc21. The number of nitriles is 1. The van der Waals surface area contributed by atoms with Crippen molar-refractivity contribution in [2.45, 2.75) is 25.2 Å². The first-order valence-corrected chi connectivity index (χ1v) is 6.24. The molecule has 0 saturated heterocycles. The summed E-state index contributed by atoms with van der Waals surface area (Å²) in [6, 6.07) is 19.1. The molecule has 0 heterocycles. The summed E-state index contributed by atoms with van der Waals surface area (Å²) in [5.74, 6) is -0.134. The maximum atomic E-state index is 9.50. The maximum absolute atomic E-state index is 9.50. The number of hydrogen-bond acceptors (Lipinski definition) is 1. The zero-order chi connectivity index (χ0) is 12.8. The third kappa shape index (κ3) is 1.32. The van der Waals surface area contributed by atoms with Crippen LogP contribution in [0.4, 0.5) is 0 Å². The molecule has 0 radical (unpaired) electrons. The van der Waals surface area contributed by atoms with Crippen LogP contribution in [0.25, 0.3) is 0 Å². The lowest BCUT2D eigenvalue weighted by atomic mass is 9.65. The second-order valence-corrected chi connectivity index (χ2v) is 5.36. The van der Waals surface area contributed by atoms with Crippen molar-refractivity contribution < 1.29 is 0 Å². The van der Waals surface area contributed by atoms with E-state index in [9.17, 15) is 5.26 Å². The molecular formula is C17H15N. The first-order valence-electron chi connectivity index (χ1n) is 6.24. The normalized spacial score (nSPS) is 16.5. The second-order valence-electron chi connectivity index (χ2n) is 5.36. The van der Waals surface area contributed by atoms with E-state index in [2.05, 4.69) is 56.3 Å². The van der Waals surface area contributed by atoms with Gasteiger partial charge in [0, 0.05) is 5.41 Å². The summed E-state index contributed by atoms with van der Waals surface area (Å²) in [5, 5.41) is 9.50. The van der Waals surface area contributed by atoms with Crippen LogP contribution < -0.4 is 0 Å². The Morgan fingerprint density at radius 3 is 1.78 bits per heavy atom. The summed E-state index contributed by atoms with van der Waals surface area (Å²) < 4.78 is 0. The molecule has 18 heavy (non-hydrogen) atoms. The molecule has 0 fully saturated rings. The molecule has 1 nitrogen and oxygen atoms in total. The monoisotopic (exact) mass is 233 g/mol. The standard InChI is InChI=1S/C17H15N/c1-17(2)15-9-5-3-7-12(15)14(11-18)13-8-4-6-10-16(13)17/h3-10,14H,1-2H3. The molecule has 0 aromatic heterocycles. The second kappa shape index (κ2) is 3.71. The molecule has 3 rings (SSSR count). The van der Waals surface area contributed by atoms with Crippen molar-refractivity contribution in [3.8, 4) is 6.07 Å². The van der Waals surface area contributed by atoms with Crippen molar-refractivity contribution in [3.63, 3.8) is 0 Å². The maximum Gasteiger partial charge on any atom is 0.0968 e. The fraction of sp³-hybridized carbons (Fsp3) is 0.235. The Morgan fingerprint density at radius 1 is 0.889 bits per heavy atom. The van der Waals surface area contributed by atoms with Crippen LogP contribution in [0.15, 0.2) is 48.5 Å². The predicted molar refractivity (Wildman–Crippen MR) is 72.5 cm³/mol. The summed E-state index contributed by atoms with van der Waals surface area (Å²) in [6.45, 7) is 4.47. The Labute approximate surface area is 108 Å². The highest BCUT2D eigenvalue weighted by Gasteiger charge is 2.36. The van der Waals surface area contributed by atoms with Crippen molar-refractivity contribution in [3.05, 3.63) is 70.8 Å². The molecule has 0 spiro atoms. The summed E-state index contributed by atoms with van der Waals surface area (Å²) in [4.78, 5) is 0.